The Morgan fingerprint density at radius 2 is 1.00 bits per heavy atom. The molecule has 494 valence electrons. The molecule has 0 radical (unpaired) electrons. The molecule has 14 rings (SSSR count). The van der Waals surface area contributed by atoms with Gasteiger partial charge in [0.05, 0.1) is 68.0 Å². The van der Waals surface area contributed by atoms with Crippen LogP contribution < -0.4 is 24.2 Å². The first kappa shape index (κ1) is 64.7. The van der Waals surface area contributed by atoms with E-state index in [0.29, 0.717) is 79.4 Å². The molecule has 0 fully saturated rings. The summed E-state index contributed by atoms with van der Waals surface area (Å²) in [5.41, 5.74) is 9.13. The number of fused-ring (bicyclic) bond motifs is 2. The van der Waals surface area contributed by atoms with Crippen LogP contribution in [0.2, 0.25) is 5.02 Å². The molecule has 0 aliphatic rings. The van der Waals surface area contributed by atoms with Crippen LogP contribution in [-0.4, -0.2) is 67.8 Å². The fourth-order valence-electron chi connectivity index (χ4n) is 12.0. The molecule has 3 amide bonds. The van der Waals surface area contributed by atoms with Crippen molar-refractivity contribution in [3.05, 3.63) is 312 Å². The van der Waals surface area contributed by atoms with E-state index in [2.05, 4.69) is 40.1 Å². The first-order valence-electron chi connectivity index (χ1n) is 31.8. The number of carbonyl (C=O) groups excluding carboxylic acids is 3. The summed E-state index contributed by atoms with van der Waals surface area (Å²) in [7, 11) is 0. The molecular formula is C78H59ClF3N13O5. The van der Waals surface area contributed by atoms with Crippen LogP contribution in [0, 0.1) is 17.5 Å². The zero-order valence-electron chi connectivity index (χ0n) is 53.3. The molecule has 18 nitrogen and oxygen atoms in total. The first-order chi connectivity index (χ1) is 48.8. The van der Waals surface area contributed by atoms with E-state index in [0.717, 1.165) is 43.9 Å². The van der Waals surface area contributed by atoms with Crippen LogP contribution in [0.4, 0.5) is 30.2 Å². The normalized spacial score (nSPS) is 11.2. The van der Waals surface area contributed by atoms with E-state index in [9.17, 15) is 18.8 Å². The molecule has 0 saturated carbocycles. The van der Waals surface area contributed by atoms with Gasteiger partial charge in [0.1, 0.15) is 53.8 Å². The molecule has 0 bridgehead atoms. The Morgan fingerprint density at radius 1 is 0.470 bits per heavy atom. The quantitative estimate of drug-likeness (QED) is 0.0515. The van der Waals surface area contributed by atoms with Crippen LogP contribution in [0.1, 0.15) is 45.2 Å². The van der Waals surface area contributed by atoms with Gasteiger partial charge in [-0.15, -0.1) is 0 Å². The lowest BCUT2D eigenvalue weighted by Gasteiger charge is -2.25. The lowest BCUT2D eigenvalue weighted by Crippen LogP contribution is -2.32. The summed E-state index contributed by atoms with van der Waals surface area (Å²) in [4.78, 5) is 80.0. The number of hydrogen-bond acceptors (Lipinski definition) is 12. The minimum atomic E-state index is -0.552. The number of benzene rings is 8. The standard InChI is InChI=1S/C78H59ClF3N13O5/c79-59-26-49(27-61(81)33-59)43-94(78(98)35-63-8-5-25-89-92-63)65-20-13-52(14-21-65)72-42-87-75(91-72)47-100-73-24-17-60(80)30-58(73)45-95(77(97)32-57-39-84-37-55-7-2-4-10-69(55)57)66-22-15-53(16-23-66)71-41-86-74(90-71)46-99-67-29-50(28-62(82)34-67)44-93(64-18-11-51(12-19-64)70-40-85-48-88-70)76(96)31-56-38-83-36-54-6-1-3-9-68(54)56/h1-30,33-34,36-42,48H,31-32,35,43-47H2,(H,85,88)(H,86,90)(H,87,91). The molecule has 0 saturated heterocycles. The third-order valence-corrected chi connectivity index (χ3v) is 17.1. The second-order valence-electron chi connectivity index (χ2n) is 23.7. The van der Waals surface area contributed by atoms with Crippen molar-refractivity contribution in [1.82, 2.24) is 50.1 Å². The fourth-order valence-corrected chi connectivity index (χ4v) is 12.2. The van der Waals surface area contributed by atoms with Crippen molar-refractivity contribution in [2.24, 2.45) is 0 Å². The third kappa shape index (κ3) is 15.3. The van der Waals surface area contributed by atoms with Crippen LogP contribution in [0.15, 0.2) is 244 Å². The van der Waals surface area contributed by atoms with E-state index in [-0.39, 0.29) is 80.6 Å². The number of nitrogens with zero attached hydrogens (tertiary/aromatic N) is 10. The number of carbonyl (C=O) groups is 3. The van der Waals surface area contributed by atoms with Gasteiger partial charge in [0, 0.05) is 111 Å². The van der Waals surface area contributed by atoms with Crippen molar-refractivity contribution < 1.29 is 37.0 Å². The fraction of sp³-hybridized carbons (Fsp3) is 0.103. The topological polar surface area (TPSA) is 217 Å². The summed E-state index contributed by atoms with van der Waals surface area (Å²) in [5, 5.41) is 11.7. The number of rotatable bonds is 24. The van der Waals surface area contributed by atoms with Gasteiger partial charge >= 0.3 is 0 Å². The Bertz CT molecular complexity index is 5230. The van der Waals surface area contributed by atoms with Gasteiger partial charge in [-0.25, -0.2) is 28.1 Å². The molecule has 0 aliphatic heterocycles. The maximum atomic E-state index is 15.6. The largest absolute Gasteiger partial charge is 0.486 e. The number of aromatic nitrogens is 10. The Balaban J connectivity index is 0.667. The summed E-state index contributed by atoms with van der Waals surface area (Å²) < 4.78 is 58.1. The van der Waals surface area contributed by atoms with Gasteiger partial charge in [0.2, 0.25) is 17.7 Å². The molecule has 6 aromatic heterocycles. The lowest BCUT2D eigenvalue weighted by atomic mass is 10.0. The average Bonchev–Trinajstić information content (AvgIpc) is 0.949. The van der Waals surface area contributed by atoms with E-state index in [1.54, 1.807) is 108 Å². The molecule has 22 heteroatoms. The molecule has 3 N–H and O–H groups in total. The van der Waals surface area contributed by atoms with E-state index in [4.69, 9.17) is 31.0 Å². The molecule has 100 heavy (non-hydrogen) atoms. The number of anilines is 3. The molecule has 8 aromatic carbocycles. The number of pyridine rings is 2. The second-order valence-corrected chi connectivity index (χ2v) is 24.1. The van der Waals surface area contributed by atoms with Crippen molar-refractivity contribution >= 4 is 67.9 Å². The minimum absolute atomic E-state index is 0.0293. The van der Waals surface area contributed by atoms with E-state index < -0.39 is 17.5 Å². The molecule has 0 aliphatic carbocycles. The number of amides is 3. The van der Waals surface area contributed by atoms with Crippen molar-refractivity contribution in [3.63, 3.8) is 0 Å². The number of imidazole rings is 3. The smallest absolute Gasteiger partial charge is 0.233 e. The SMILES string of the molecule is O=C(Cc1cccnn1)N(Cc1cc(F)cc(Cl)c1)c1ccc(-c2c[nH]c(COc3ccc(F)cc3CN(C(=O)Cc3cncc4ccccc34)c3ccc(-c4c[nH]c(COc5cc(F)cc(CN(C(=O)Cc6cncc7ccccc67)c6ccc(-c7c[nH]cn7)cc6)c5)n4)cc3)n2)cc1. The summed E-state index contributed by atoms with van der Waals surface area (Å²) in [5.74, 6) is -0.985. The second kappa shape index (κ2) is 29.4. The van der Waals surface area contributed by atoms with Crippen LogP contribution >= 0.6 is 11.6 Å². The molecule has 6 heterocycles. The number of ether oxygens (including phenoxy) is 2. The molecule has 0 spiro atoms. The third-order valence-electron chi connectivity index (χ3n) is 16.9. The highest BCUT2D eigenvalue weighted by atomic mass is 35.5. The van der Waals surface area contributed by atoms with Gasteiger partial charge in [-0.05, 0) is 130 Å². The van der Waals surface area contributed by atoms with Crippen LogP contribution in [0.3, 0.4) is 0 Å². The highest BCUT2D eigenvalue weighted by Crippen LogP contribution is 2.33. The highest BCUT2D eigenvalue weighted by Gasteiger charge is 2.25. The molecule has 0 atom stereocenters. The number of nitrogens with one attached hydrogen (secondary N) is 3. The number of halogens is 4. The lowest BCUT2D eigenvalue weighted by molar-refractivity contribution is -0.119. The Labute approximate surface area is 575 Å². The summed E-state index contributed by atoms with van der Waals surface area (Å²) in [6, 6.07) is 53.4. The molecule has 14 aromatic rings. The Morgan fingerprint density at radius 3 is 1.55 bits per heavy atom. The summed E-state index contributed by atoms with van der Waals surface area (Å²) >= 11 is 6.20. The van der Waals surface area contributed by atoms with Gasteiger partial charge < -0.3 is 39.1 Å². The van der Waals surface area contributed by atoms with Crippen LogP contribution in [0.25, 0.3) is 55.3 Å². The zero-order chi connectivity index (χ0) is 68.5. The number of aromatic amines is 3. The van der Waals surface area contributed by atoms with Crippen molar-refractivity contribution in [3.8, 4) is 45.3 Å². The van der Waals surface area contributed by atoms with Crippen molar-refractivity contribution in [2.75, 3.05) is 14.7 Å². The number of H-pyrrole nitrogens is 3. The highest BCUT2D eigenvalue weighted by molar-refractivity contribution is 6.30. The maximum Gasteiger partial charge on any atom is 0.233 e. The molecule has 0 unspecified atom stereocenters. The van der Waals surface area contributed by atoms with Gasteiger partial charge in [-0.2, -0.15) is 10.2 Å². The van der Waals surface area contributed by atoms with Crippen LogP contribution in [-0.2, 0) is 66.5 Å². The average molecular weight is 1350 g/mol. The molecular weight excluding hydrogens is 1290 g/mol. The summed E-state index contributed by atoms with van der Waals surface area (Å²) in [6.07, 6.45) is 15.2. The van der Waals surface area contributed by atoms with Crippen LogP contribution in [0.5, 0.6) is 11.5 Å². The summed E-state index contributed by atoms with van der Waals surface area (Å²) in [6.45, 7) is -0.138. The maximum absolute atomic E-state index is 15.6. The van der Waals surface area contributed by atoms with E-state index in [1.165, 1.54) is 53.6 Å². The number of hydrogen-bond donors (Lipinski definition) is 3. The van der Waals surface area contributed by atoms with Gasteiger partial charge in [0.15, 0.2) is 0 Å². The zero-order valence-corrected chi connectivity index (χ0v) is 54.0. The van der Waals surface area contributed by atoms with Gasteiger partial charge in [-0.1, -0.05) is 96.5 Å². The predicted molar refractivity (Wildman–Crippen MR) is 375 cm³/mol. The predicted octanol–water partition coefficient (Wildman–Crippen LogP) is 15.3. The minimum Gasteiger partial charge on any atom is -0.486 e. The van der Waals surface area contributed by atoms with Gasteiger partial charge in [-0.3, -0.25) is 24.4 Å². The Kier molecular flexibility index (Phi) is 19.0. The van der Waals surface area contributed by atoms with E-state index in [1.807, 2.05) is 97.1 Å². The van der Waals surface area contributed by atoms with Crippen molar-refractivity contribution in [2.45, 2.75) is 52.1 Å². The van der Waals surface area contributed by atoms with Gasteiger partial charge in [0.25, 0.3) is 0 Å². The van der Waals surface area contributed by atoms with E-state index >= 15 is 8.78 Å². The Hall–Kier alpha value is -12.6. The first-order valence-corrected chi connectivity index (χ1v) is 32.2. The monoisotopic (exact) mass is 1350 g/mol. The van der Waals surface area contributed by atoms with Crippen molar-refractivity contribution in [1.29, 1.82) is 0 Å².